The minimum Gasteiger partial charge on any atom is -0.481 e. The summed E-state index contributed by atoms with van der Waals surface area (Å²) in [5.41, 5.74) is 0. The maximum atomic E-state index is 10.4. The molecular weight excluding hydrogens is 328 g/mol. The van der Waals surface area contributed by atoms with E-state index in [0.717, 1.165) is 20.4 Å². The van der Waals surface area contributed by atoms with Crippen LogP contribution in [0.3, 0.4) is 0 Å². The predicted octanol–water partition coefficient (Wildman–Crippen LogP) is 1.66. The number of carboxylic acids is 1. The van der Waals surface area contributed by atoms with Crippen molar-refractivity contribution in [3.05, 3.63) is 15.9 Å². The molecule has 9 heteroatoms. The summed E-state index contributed by atoms with van der Waals surface area (Å²) < 4.78 is 2.27. The maximum Gasteiger partial charge on any atom is 0.313 e. The van der Waals surface area contributed by atoms with Crippen LogP contribution in [0.25, 0.3) is 10.7 Å². The van der Waals surface area contributed by atoms with Crippen molar-refractivity contribution in [1.29, 1.82) is 0 Å². The fraction of sp³-hybridized carbons (Fsp3) is 0.125. The monoisotopic (exact) mass is 334 g/mol. The molecule has 2 rings (SSSR count). The van der Waals surface area contributed by atoms with Gasteiger partial charge in [0.1, 0.15) is 0 Å². The first-order valence-corrected chi connectivity index (χ1v) is 6.98. The van der Waals surface area contributed by atoms with Crippen LogP contribution in [0.5, 0.6) is 0 Å². The first-order chi connectivity index (χ1) is 8.08. The number of halogens is 1. The van der Waals surface area contributed by atoms with E-state index in [2.05, 4.69) is 26.1 Å². The number of carboxylic acid groups (broad SMARTS) is 1. The summed E-state index contributed by atoms with van der Waals surface area (Å²) in [6.07, 6.45) is 0. The van der Waals surface area contributed by atoms with Gasteiger partial charge in [-0.05, 0) is 28.1 Å². The van der Waals surface area contributed by atoms with Crippen LogP contribution in [0, 0.1) is 0 Å². The topological polar surface area (TPSA) is 94.0 Å². The molecule has 2 heterocycles. The van der Waals surface area contributed by atoms with Crippen molar-refractivity contribution in [2.24, 2.45) is 0 Å². The van der Waals surface area contributed by atoms with E-state index < -0.39 is 5.97 Å². The Balaban J connectivity index is 2.23. The summed E-state index contributed by atoms with van der Waals surface area (Å²) in [7, 11) is 0. The number of aromatic nitrogens is 3. The largest absolute Gasteiger partial charge is 0.481 e. The molecular formula is C8H7BrN4O2S2. The van der Waals surface area contributed by atoms with Crippen LogP contribution in [-0.4, -0.2) is 31.7 Å². The van der Waals surface area contributed by atoms with E-state index in [1.54, 1.807) is 0 Å². The lowest BCUT2D eigenvalue weighted by Gasteiger charge is -1.99. The molecule has 17 heavy (non-hydrogen) atoms. The highest BCUT2D eigenvalue weighted by Crippen LogP contribution is 2.30. The van der Waals surface area contributed by atoms with Gasteiger partial charge in [-0.1, -0.05) is 11.8 Å². The van der Waals surface area contributed by atoms with Crippen LogP contribution in [0.4, 0.5) is 0 Å². The molecule has 0 spiro atoms. The van der Waals surface area contributed by atoms with Crippen molar-refractivity contribution in [1.82, 2.24) is 14.9 Å². The predicted molar refractivity (Wildman–Crippen MR) is 69.5 cm³/mol. The number of nitrogens with zero attached hydrogens (tertiary/aromatic N) is 3. The van der Waals surface area contributed by atoms with Crippen molar-refractivity contribution in [2.45, 2.75) is 5.16 Å². The molecule has 0 radical (unpaired) electrons. The lowest BCUT2D eigenvalue weighted by molar-refractivity contribution is -0.133. The second-order valence-corrected chi connectivity index (χ2v) is 6.37. The Kier molecular flexibility index (Phi) is 3.69. The van der Waals surface area contributed by atoms with Crippen molar-refractivity contribution in [3.8, 4) is 10.7 Å². The fourth-order valence-corrected chi connectivity index (χ4v) is 3.05. The van der Waals surface area contributed by atoms with Crippen molar-refractivity contribution < 1.29 is 9.90 Å². The fourth-order valence-electron chi connectivity index (χ4n) is 1.10. The van der Waals surface area contributed by atoms with E-state index in [-0.39, 0.29) is 5.75 Å². The summed E-state index contributed by atoms with van der Waals surface area (Å²) >= 11 is 5.86. The van der Waals surface area contributed by atoms with Gasteiger partial charge in [-0.2, -0.15) is 0 Å². The Bertz CT molecular complexity index is 553. The highest BCUT2D eigenvalue weighted by atomic mass is 79.9. The molecule has 2 aromatic heterocycles. The number of thioether (sulfide) groups is 1. The molecule has 6 nitrogen and oxygen atoms in total. The molecule has 0 saturated carbocycles. The molecule has 0 unspecified atom stereocenters. The highest BCUT2D eigenvalue weighted by molar-refractivity contribution is 9.11. The molecule has 0 amide bonds. The number of nitrogen functional groups attached to an aromatic ring is 1. The maximum absolute atomic E-state index is 10.4. The Morgan fingerprint density at radius 2 is 2.35 bits per heavy atom. The second kappa shape index (κ2) is 5.07. The normalized spacial score (nSPS) is 10.6. The van der Waals surface area contributed by atoms with E-state index in [1.807, 2.05) is 12.1 Å². The minimum atomic E-state index is -0.918. The van der Waals surface area contributed by atoms with Crippen LogP contribution < -0.4 is 5.84 Å². The van der Waals surface area contributed by atoms with Gasteiger partial charge in [0.05, 0.1) is 14.4 Å². The third kappa shape index (κ3) is 2.79. The average Bonchev–Trinajstić information content (AvgIpc) is 2.82. The Labute approximate surface area is 113 Å². The smallest absolute Gasteiger partial charge is 0.313 e. The molecule has 0 aliphatic rings. The molecule has 90 valence electrons. The van der Waals surface area contributed by atoms with Gasteiger partial charge in [-0.25, -0.2) is 4.68 Å². The van der Waals surface area contributed by atoms with Gasteiger partial charge in [-0.15, -0.1) is 21.5 Å². The molecule has 0 aromatic carbocycles. The second-order valence-electron chi connectivity index (χ2n) is 2.96. The number of thiophene rings is 1. The third-order valence-electron chi connectivity index (χ3n) is 1.78. The van der Waals surface area contributed by atoms with E-state index in [9.17, 15) is 4.79 Å². The number of aliphatic carboxylic acids is 1. The molecule has 0 fully saturated rings. The molecule has 0 atom stereocenters. The van der Waals surface area contributed by atoms with Gasteiger partial charge in [0.25, 0.3) is 0 Å². The SMILES string of the molecule is Nn1c(SCC(=O)O)nnc1-c1ccc(Br)s1. The average molecular weight is 335 g/mol. The first-order valence-electron chi connectivity index (χ1n) is 4.38. The summed E-state index contributed by atoms with van der Waals surface area (Å²) in [5.74, 6) is 5.31. The van der Waals surface area contributed by atoms with Crippen LogP contribution >= 0.6 is 39.0 Å². The zero-order chi connectivity index (χ0) is 12.4. The van der Waals surface area contributed by atoms with Crippen LogP contribution in [0.15, 0.2) is 21.1 Å². The summed E-state index contributed by atoms with van der Waals surface area (Å²) in [5, 5.41) is 16.7. The van der Waals surface area contributed by atoms with E-state index in [0.29, 0.717) is 11.0 Å². The van der Waals surface area contributed by atoms with Crippen LogP contribution in [0.1, 0.15) is 0 Å². The molecule has 0 aliphatic heterocycles. The molecule has 0 bridgehead atoms. The quantitative estimate of drug-likeness (QED) is 0.652. The van der Waals surface area contributed by atoms with Crippen molar-refractivity contribution >= 4 is 45.0 Å². The van der Waals surface area contributed by atoms with E-state index in [1.165, 1.54) is 16.0 Å². The minimum absolute atomic E-state index is 0.0938. The lowest BCUT2D eigenvalue weighted by Crippen LogP contribution is -2.12. The standard InChI is InChI=1S/C8H7BrN4O2S2/c9-5-2-1-4(17-5)7-11-12-8(13(7)10)16-3-6(14)15/h1-2H,3,10H2,(H,14,15). The number of carbonyl (C=O) groups is 1. The van der Waals surface area contributed by atoms with Gasteiger partial charge >= 0.3 is 5.97 Å². The highest BCUT2D eigenvalue weighted by Gasteiger charge is 2.14. The lowest BCUT2D eigenvalue weighted by atomic mass is 10.4. The third-order valence-corrected chi connectivity index (χ3v) is 4.33. The molecule has 2 aromatic rings. The summed E-state index contributed by atoms with van der Waals surface area (Å²) in [6.45, 7) is 0. The van der Waals surface area contributed by atoms with Gasteiger partial charge in [0, 0.05) is 0 Å². The zero-order valence-electron chi connectivity index (χ0n) is 8.33. The van der Waals surface area contributed by atoms with Crippen molar-refractivity contribution in [3.63, 3.8) is 0 Å². The molecule has 0 aliphatic carbocycles. The molecule has 3 N–H and O–H groups in total. The zero-order valence-corrected chi connectivity index (χ0v) is 11.5. The van der Waals surface area contributed by atoms with E-state index in [4.69, 9.17) is 10.9 Å². The molecule has 0 saturated heterocycles. The van der Waals surface area contributed by atoms with Gasteiger partial charge in [0.2, 0.25) is 5.16 Å². The Morgan fingerprint density at radius 3 is 2.94 bits per heavy atom. The summed E-state index contributed by atoms with van der Waals surface area (Å²) in [6, 6.07) is 3.76. The number of rotatable bonds is 4. The van der Waals surface area contributed by atoms with Crippen LogP contribution in [-0.2, 0) is 4.79 Å². The number of hydrogen-bond donors (Lipinski definition) is 2. The Morgan fingerprint density at radius 1 is 1.59 bits per heavy atom. The van der Waals surface area contributed by atoms with Crippen LogP contribution in [0.2, 0.25) is 0 Å². The summed E-state index contributed by atoms with van der Waals surface area (Å²) in [4.78, 5) is 11.3. The van der Waals surface area contributed by atoms with E-state index >= 15 is 0 Å². The van der Waals surface area contributed by atoms with Gasteiger partial charge in [-0.3, -0.25) is 4.79 Å². The number of nitrogens with two attached hydrogens (primary N) is 1. The first kappa shape index (κ1) is 12.4. The van der Waals surface area contributed by atoms with Crippen molar-refractivity contribution in [2.75, 3.05) is 11.6 Å². The van der Waals surface area contributed by atoms with Gasteiger partial charge in [0.15, 0.2) is 5.82 Å². The Hall–Kier alpha value is -1.06. The number of hydrogen-bond acceptors (Lipinski definition) is 6. The van der Waals surface area contributed by atoms with Gasteiger partial charge < -0.3 is 10.9 Å².